The topological polar surface area (TPSA) is 84.9 Å². The van der Waals surface area contributed by atoms with Crippen molar-refractivity contribution in [1.82, 2.24) is 5.32 Å². The van der Waals surface area contributed by atoms with Gasteiger partial charge in [0.25, 0.3) is 11.8 Å². The van der Waals surface area contributed by atoms with E-state index in [4.69, 9.17) is 9.47 Å². The Kier molecular flexibility index (Phi) is 4.93. The number of para-hydroxylation sites is 2. The number of carbonyl (C=O) groups is 3. The molecule has 1 fully saturated rings. The Bertz CT molecular complexity index is 1220. The summed E-state index contributed by atoms with van der Waals surface area (Å²) >= 11 is 0. The summed E-state index contributed by atoms with van der Waals surface area (Å²) in [4.78, 5) is 39.0. The zero-order chi connectivity index (χ0) is 21.3. The molecule has 1 N–H and O–H groups in total. The third-order valence-corrected chi connectivity index (χ3v) is 4.87. The highest BCUT2D eigenvalue weighted by Crippen LogP contribution is 2.33. The minimum absolute atomic E-state index is 0.157. The minimum atomic E-state index is -0.828. The minimum Gasteiger partial charge on any atom is -0.496 e. The van der Waals surface area contributed by atoms with Crippen molar-refractivity contribution in [2.75, 3.05) is 19.1 Å². The highest BCUT2D eigenvalue weighted by Gasteiger charge is 2.38. The number of benzene rings is 3. The second-order valence-corrected chi connectivity index (χ2v) is 6.53. The number of rotatable bonds is 4. The highest BCUT2D eigenvalue weighted by molar-refractivity contribution is 6.39. The summed E-state index contributed by atoms with van der Waals surface area (Å²) in [5.74, 6) is -0.466. The van der Waals surface area contributed by atoms with Crippen LogP contribution in [0.15, 0.2) is 66.2 Å². The Balaban J connectivity index is 1.84. The molecule has 3 aromatic carbocycles. The summed E-state index contributed by atoms with van der Waals surface area (Å²) in [5, 5.41) is 3.88. The molecule has 3 aromatic rings. The largest absolute Gasteiger partial charge is 0.496 e. The maximum absolute atomic E-state index is 13.2. The Morgan fingerprint density at radius 1 is 0.800 bits per heavy atom. The number of amides is 4. The summed E-state index contributed by atoms with van der Waals surface area (Å²) in [5.41, 5.74) is 0.746. The van der Waals surface area contributed by atoms with Gasteiger partial charge in [0.05, 0.1) is 19.9 Å². The monoisotopic (exact) mass is 402 g/mol. The molecule has 0 aliphatic carbocycles. The molecule has 0 radical (unpaired) electrons. The van der Waals surface area contributed by atoms with Crippen molar-refractivity contribution in [2.24, 2.45) is 0 Å². The molecule has 7 heteroatoms. The lowest BCUT2D eigenvalue weighted by molar-refractivity contribution is -0.122. The predicted octanol–water partition coefficient (Wildman–Crippen LogP) is 3.52. The first kappa shape index (κ1) is 19.2. The van der Waals surface area contributed by atoms with Gasteiger partial charge >= 0.3 is 6.03 Å². The van der Waals surface area contributed by atoms with Gasteiger partial charge in [0.15, 0.2) is 0 Å². The van der Waals surface area contributed by atoms with E-state index in [-0.39, 0.29) is 11.3 Å². The number of anilines is 1. The van der Waals surface area contributed by atoms with E-state index in [1.807, 2.05) is 24.3 Å². The number of nitrogens with zero attached hydrogens (tertiary/aromatic N) is 1. The van der Waals surface area contributed by atoms with Crippen molar-refractivity contribution in [1.29, 1.82) is 0 Å². The molecule has 0 spiro atoms. The van der Waals surface area contributed by atoms with Crippen molar-refractivity contribution in [3.05, 3.63) is 71.8 Å². The van der Waals surface area contributed by atoms with Gasteiger partial charge in [0.1, 0.15) is 17.1 Å². The van der Waals surface area contributed by atoms with Crippen LogP contribution in [0.1, 0.15) is 5.56 Å². The van der Waals surface area contributed by atoms with Crippen LogP contribution in [0.25, 0.3) is 16.8 Å². The van der Waals surface area contributed by atoms with Gasteiger partial charge in [0, 0.05) is 5.39 Å². The molecule has 0 atom stereocenters. The molecule has 1 aliphatic heterocycles. The van der Waals surface area contributed by atoms with Crippen LogP contribution in [0, 0.1) is 0 Å². The predicted molar refractivity (Wildman–Crippen MR) is 112 cm³/mol. The molecule has 1 aliphatic rings. The highest BCUT2D eigenvalue weighted by atomic mass is 16.5. The van der Waals surface area contributed by atoms with E-state index in [0.717, 1.165) is 15.7 Å². The van der Waals surface area contributed by atoms with Crippen LogP contribution >= 0.6 is 0 Å². The summed E-state index contributed by atoms with van der Waals surface area (Å²) in [6, 6.07) is 16.8. The van der Waals surface area contributed by atoms with E-state index in [1.165, 1.54) is 13.2 Å². The van der Waals surface area contributed by atoms with E-state index >= 15 is 0 Å². The normalized spacial score (nSPS) is 15.5. The third-order valence-electron chi connectivity index (χ3n) is 4.87. The molecule has 0 aromatic heterocycles. The lowest BCUT2D eigenvalue weighted by Gasteiger charge is -2.27. The summed E-state index contributed by atoms with van der Waals surface area (Å²) < 4.78 is 10.7. The number of methoxy groups -OCH3 is 2. The van der Waals surface area contributed by atoms with Gasteiger partial charge in [-0.25, -0.2) is 9.69 Å². The number of ether oxygens (including phenoxy) is 2. The van der Waals surface area contributed by atoms with Crippen LogP contribution in [-0.2, 0) is 9.59 Å². The third kappa shape index (κ3) is 3.16. The lowest BCUT2D eigenvalue weighted by Crippen LogP contribution is -2.54. The average Bonchev–Trinajstić information content (AvgIpc) is 2.76. The SMILES string of the molecule is COc1ccccc1N1C(=O)NC(=O)C(=Cc2ccc(OC)c3ccccc23)C1=O. The van der Waals surface area contributed by atoms with Crippen LogP contribution in [0.3, 0.4) is 0 Å². The molecule has 0 unspecified atom stereocenters. The lowest BCUT2D eigenvalue weighted by atomic mass is 10.00. The zero-order valence-electron chi connectivity index (χ0n) is 16.3. The second kappa shape index (κ2) is 7.71. The first-order valence-corrected chi connectivity index (χ1v) is 9.15. The fraction of sp³-hybridized carbons (Fsp3) is 0.0870. The van der Waals surface area contributed by atoms with Crippen LogP contribution in [0.5, 0.6) is 11.5 Å². The molecule has 1 saturated heterocycles. The smallest absolute Gasteiger partial charge is 0.336 e. The standard InChI is InChI=1S/C23H18N2O5/c1-29-19-12-11-14(15-7-3-4-8-16(15)19)13-17-21(26)24-23(28)25(22(17)27)18-9-5-6-10-20(18)30-2/h3-13H,1-2H3,(H,24,26,28). The molecule has 7 nitrogen and oxygen atoms in total. The average molecular weight is 402 g/mol. The van der Waals surface area contributed by atoms with Gasteiger partial charge in [-0.3, -0.25) is 14.9 Å². The number of nitrogens with one attached hydrogen (secondary N) is 1. The van der Waals surface area contributed by atoms with E-state index < -0.39 is 17.8 Å². The van der Waals surface area contributed by atoms with Gasteiger partial charge in [-0.05, 0) is 35.2 Å². The second-order valence-electron chi connectivity index (χ2n) is 6.53. The Morgan fingerprint density at radius 2 is 1.47 bits per heavy atom. The number of carbonyl (C=O) groups excluding carboxylic acids is 3. The Morgan fingerprint density at radius 3 is 2.20 bits per heavy atom. The number of hydrogen-bond acceptors (Lipinski definition) is 5. The summed E-state index contributed by atoms with van der Waals surface area (Å²) in [6.07, 6.45) is 1.48. The number of imide groups is 2. The fourth-order valence-corrected chi connectivity index (χ4v) is 3.44. The van der Waals surface area contributed by atoms with Gasteiger partial charge in [-0.2, -0.15) is 0 Å². The first-order chi connectivity index (χ1) is 14.5. The van der Waals surface area contributed by atoms with Crippen LogP contribution in [0.2, 0.25) is 0 Å². The maximum Gasteiger partial charge on any atom is 0.336 e. The number of barbiturate groups is 1. The molecule has 30 heavy (non-hydrogen) atoms. The maximum atomic E-state index is 13.2. The van der Waals surface area contributed by atoms with Crippen molar-refractivity contribution >= 4 is 40.4 Å². The van der Waals surface area contributed by atoms with Crippen molar-refractivity contribution < 1.29 is 23.9 Å². The van der Waals surface area contributed by atoms with Crippen molar-refractivity contribution in [3.8, 4) is 11.5 Å². The van der Waals surface area contributed by atoms with Crippen LogP contribution in [0.4, 0.5) is 10.5 Å². The Labute approximate surface area is 172 Å². The summed E-state index contributed by atoms with van der Waals surface area (Å²) in [7, 11) is 3.02. The molecule has 4 rings (SSSR count). The molecule has 0 saturated carbocycles. The van der Waals surface area contributed by atoms with Crippen molar-refractivity contribution in [2.45, 2.75) is 0 Å². The molecule has 150 valence electrons. The molecule has 1 heterocycles. The van der Waals surface area contributed by atoms with E-state index in [2.05, 4.69) is 5.32 Å². The fourth-order valence-electron chi connectivity index (χ4n) is 3.44. The molecular weight excluding hydrogens is 384 g/mol. The van der Waals surface area contributed by atoms with Crippen LogP contribution in [-0.4, -0.2) is 32.1 Å². The van der Waals surface area contributed by atoms with E-state index in [1.54, 1.807) is 43.5 Å². The van der Waals surface area contributed by atoms with E-state index in [9.17, 15) is 14.4 Å². The zero-order valence-corrected chi connectivity index (χ0v) is 16.3. The summed E-state index contributed by atoms with van der Waals surface area (Å²) in [6.45, 7) is 0. The first-order valence-electron chi connectivity index (χ1n) is 9.15. The van der Waals surface area contributed by atoms with Gasteiger partial charge in [-0.1, -0.05) is 42.5 Å². The van der Waals surface area contributed by atoms with Gasteiger partial charge in [0.2, 0.25) is 0 Å². The number of urea groups is 1. The van der Waals surface area contributed by atoms with Crippen molar-refractivity contribution in [3.63, 3.8) is 0 Å². The van der Waals surface area contributed by atoms with Gasteiger partial charge < -0.3 is 9.47 Å². The molecular formula is C23H18N2O5. The molecule has 4 amide bonds. The quantitative estimate of drug-likeness (QED) is 0.533. The number of hydrogen-bond donors (Lipinski definition) is 1. The molecule has 0 bridgehead atoms. The number of fused-ring (bicyclic) bond motifs is 1. The van der Waals surface area contributed by atoms with E-state index in [0.29, 0.717) is 17.1 Å². The Hall–Kier alpha value is -4.13. The van der Waals surface area contributed by atoms with Gasteiger partial charge in [-0.15, -0.1) is 0 Å². The van der Waals surface area contributed by atoms with Crippen LogP contribution < -0.4 is 19.7 Å².